The molecule has 1 fully saturated rings. The lowest BCUT2D eigenvalue weighted by Crippen LogP contribution is -2.39. The Balaban J connectivity index is 1.42. The lowest BCUT2D eigenvalue weighted by molar-refractivity contribution is -0.119. The SMILES string of the molecule is O=C(CN(c1cccnc1)S(=O)(=O)c1ccccc1)N/N=C\c1ccc(OC2CSC2)cc1. The molecule has 0 unspecified atom stereocenters. The van der Waals surface area contributed by atoms with E-state index in [1.165, 1.54) is 30.7 Å². The quantitative estimate of drug-likeness (QED) is 0.372. The Labute approximate surface area is 196 Å². The first kappa shape index (κ1) is 22.8. The fraction of sp³-hybridized carbons (Fsp3) is 0.174. The van der Waals surface area contributed by atoms with Crippen molar-refractivity contribution in [1.82, 2.24) is 10.4 Å². The summed E-state index contributed by atoms with van der Waals surface area (Å²) in [6.45, 7) is -0.452. The highest BCUT2D eigenvalue weighted by molar-refractivity contribution is 8.00. The lowest BCUT2D eigenvalue weighted by Gasteiger charge is -2.25. The number of nitrogens with zero attached hydrogens (tertiary/aromatic N) is 3. The average molecular weight is 483 g/mol. The number of hydrogen-bond acceptors (Lipinski definition) is 7. The van der Waals surface area contributed by atoms with Crippen molar-refractivity contribution in [2.45, 2.75) is 11.0 Å². The van der Waals surface area contributed by atoms with Gasteiger partial charge in [0, 0.05) is 17.7 Å². The van der Waals surface area contributed by atoms with Crippen LogP contribution in [0.4, 0.5) is 5.69 Å². The van der Waals surface area contributed by atoms with Gasteiger partial charge in [-0.15, -0.1) is 0 Å². The van der Waals surface area contributed by atoms with Gasteiger partial charge in [0.1, 0.15) is 18.4 Å². The maximum absolute atomic E-state index is 13.2. The van der Waals surface area contributed by atoms with Crippen molar-refractivity contribution < 1.29 is 17.9 Å². The summed E-state index contributed by atoms with van der Waals surface area (Å²) in [6.07, 6.45) is 4.68. The van der Waals surface area contributed by atoms with E-state index < -0.39 is 22.5 Å². The molecule has 0 aliphatic carbocycles. The zero-order valence-corrected chi connectivity index (χ0v) is 19.2. The van der Waals surface area contributed by atoms with Crippen LogP contribution in [0, 0.1) is 0 Å². The molecule has 1 aliphatic rings. The number of ether oxygens (including phenoxy) is 1. The second kappa shape index (κ2) is 10.5. The third-order valence-electron chi connectivity index (χ3n) is 4.75. The number of hydrogen-bond donors (Lipinski definition) is 1. The molecule has 8 nitrogen and oxygen atoms in total. The third kappa shape index (κ3) is 5.91. The van der Waals surface area contributed by atoms with Crippen molar-refractivity contribution in [3.8, 4) is 5.75 Å². The van der Waals surface area contributed by atoms with Crippen LogP contribution in [0.2, 0.25) is 0 Å². The normalized spacial score (nSPS) is 13.9. The highest BCUT2D eigenvalue weighted by Gasteiger charge is 2.27. The van der Waals surface area contributed by atoms with E-state index in [4.69, 9.17) is 4.74 Å². The van der Waals surface area contributed by atoms with Gasteiger partial charge in [0.25, 0.3) is 15.9 Å². The van der Waals surface area contributed by atoms with E-state index in [1.807, 2.05) is 36.0 Å². The van der Waals surface area contributed by atoms with Crippen molar-refractivity contribution in [2.75, 3.05) is 22.4 Å². The second-order valence-corrected chi connectivity index (χ2v) is 10.1. The number of sulfonamides is 1. The number of benzene rings is 2. The van der Waals surface area contributed by atoms with E-state index in [2.05, 4.69) is 15.5 Å². The predicted molar refractivity (Wildman–Crippen MR) is 129 cm³/mol. The molecule has 2 heterocycles. The number of pyridine rings is 1. The molecule has 1 N–H and O–H groups in total. The molecule has 0 bridgehead atoms. The molecule has 3 aromatic rings. The van der Waals surface area contributed by atoms with Gasteiger partial charge in [0.15, 0.2) is 0 Å². The Hall–Kier alpha value is -3.37. The Morgan fingerprint density at radius 3 is 2.52 bits per heavy atom. The Kier molecular flexibility index (Phi) is 7.26. The van der Waals surface area contributed by atoms with E-state index in [0.717, 1.165) is 27.1 Å². The fourth-order valence-corrected chi connectivity index (χ4v) is 4.98. The highest BCUT2D eigenvalue weighted by Crippen LogP contribution is 2.24. The number of rotatable bonds is 9. The van der Waals surface area contributed by atoms with Crippen molar-refractivity contribution in [2.24, 2.45) is 5.10 Å². The van der Waals surface area contributed by atoms with E-state index in [0.29, 0.717) is 0 Å². The first-order valence-electron chi connectivity index (χ1n) is 10.2. The molecule has 33 heavy (non-hydrogen) atoms. The first-order chi connectivity index (χ1) is 16.0. The molecular formula is C23H22N4O4S2. The van der Waals surface area contributed by atoms with Crippen molar-refractivity contribution >= 4 is 39.6 Å². The minimum atomic E-state index is -3.97. The monoisotopic (exact) mass is 482 g/mol. The summed E-state index contributed by atoms with van der Waals surface area (Å²) in [7, 11) is -3.97. The fourth-order valence-electron chi connectivity index (χ4n) is 2.99. The predicted octanol–water partition coefficient (Wildman–Crippen LogP) is 2.92. The minimum Gasteiger partial charge on any atom is -0.489 e. The van der Waals surface area contributed by atoms with Gasteiger partial charge in [-0.1, -0.05) is 18.2 Å². The summed E-state index contributed by atoms with van der Waals surface area (Å²) in [6, 6.07) is 18.5. The summed E-state index contributed by atoms with van der Waals surface area (Å²) in [5.41, 5.74) is 3.44. The van der Waals surface area contributed by atoms with Crippen LogP contribution in [0.1, 0.15) is 5.56 Å². The number of amides is 1. The summed E-state index contributed by atoms with van der Waals surface area (Å²) in [5.74, 6) is 2.22. The smallest absolute Gasteiger partial charge is 0.264 e. The topological polar surface area (TPSA) is 101 Å². The van der Waals surface area contributed by atoms with E-state index in [1.54, 1.807) is 30.3 Å². The number of hydrazone groups is 1. The molecule has 10 heteroatoms. The number of nitrogens with one attached hydrogen (secondary N) is 1. The van der Waals surface area contributed by atoms with E-state index in [9.17, 15) is 13.2 Å². The molecule has 4 rings (SSSR count). The van der Waals surface area contributed by atoms with Crippen LogP contribution in [0.5, 0.6) is 5.75 Å². The van der Waals surface area contributed by atoms with Gasteiger partial charge < -0.3 is 4.74 Å². The molecule has 170 valence electrons. The molecular weight excluding hydrogens is 460 g/mol. The summed E-state index contributed by atoms with van der Waals surface area (Å²) in [4.78, 5) is 16.6. The number of carbonyl (C=O) groups is 1. The Morgan fingerprint density at radius 2 is 1.88 bits per heavy atom. The van der Waals surface area contributed by atoms with Crippen LogP contribution >= 0.6 is 11.8 Å². The molecule has 1 aromatic heterocycles. The third-order valence-corrected chi connectivity index (χ3v) is 7.75. The van der Waals surface area contributed by atoms with Gasteiger partial charge in [0.2, 0.25) is 0 Å². The van der Waals surface area contributed by atoms with Crippen LogP contribution in [-0.2, 0) is 14.8 Å². The first-order valence-corrected chi connectivity index (χ1v) is 12.8. The van der Waals surface area contributed by atoms with Gasteiger partial charge in [-0.2, -0.15) is 16.9 Å². The van der Waals surface area contributed by atoms with Crippen LogP contribution in [0.25, 0.3) is 0 Å². The minimum absolute atomic E-state index is 0.0768. The molecule has 0 radical (unpaired) electrons. The highest BCUT2D eigenvalue weighted by atomic mass is 32.2. The standard InChI is InChI=1S/C23H22N4O4S2/c28-23(26-25-13-18-8-10-20(11-9-18)31-21-16-32-17-21)15-27(19-5-4-12-24-14-19)33(29,30)22-6-2-1-3-7-22/h1-14,21H,15-17H2,(H,26,28)/b25-13-. The summed E-state index contributed by atoms with van der Waals surface area (Å²) < 4.78 is 33.1. The molecule has 1 saturated heterocycles. The Bertz CT molecular complexity index is 1200. The zero-order valence-electron chi connectivity index (χ0n) is 17.6. The largest absolute Gasteiger partial charge is 0.489 e. The molecule has 1 amide bonds. The summed E-state index contributed by atoms with van der Waals surface area (Å²) in [5, 5.41) is 3.96. The average Bonchev–Trinajstić information content (AvgIpc) is 2.82. The molecule has 1 aliphatic heterocycles. The van der Waals surface area contributed by atoms with Gasteiger partial charge in [-0.05, 0) is 54.1 Å². The van der Waals surface area contributed by atoms with Gasteiger partial charge in [-0.25, -0.2) is 13.8 Å². The van der Waals surface area contributed by atoms with Crippen LogP contribution < -0.4 is 14.5 Å². The maximum atomic E-state index is 13.2. The molecule has 0 atom stereocenters. The van der Waals surface area contributed by atoms with Gasteiger partial charge in [0.05, 0.1) is 23.0 Å². The number of carbonyl (C=O) groups excluding carboxylic acids is 1. The van der Waals surface area contributed by atoms with Crippen LogP contribution in [0.15, 0.2) is 89.1 Å². The van der Waals surface area contributed by atoms with Gasteiger partial charge in [-0.3, -0.25) is 14.1 Å². The van der Waals surface area contributed by atoms with E-state index >= 15 is 0 Å². The van der Waals surface area contributed by atoms with Crippen molar-refractivity contribution in [3.63, 3.8) is 0 Å². The van der Waals surface area contributed by atoms with Crippen molar-refractivity contribution in [3.05, 3.63) is 84.7 Å². The van der Waals surface area contributed by atoms with Gasteiger partial charge >= 0.3 is 0 Å². The number of aromatic nitrogens is 1. The maximum Gasteiger partial charge on any atom is 0.264 e. The number of anilines is 1. The second-order valence-electron chi connectivity index (χ2n) is 7.18. The van der Waals surface area contributed by atoms with Crippen molar-refractivity contribution in [1.29, 1.82) is 0 Å². The number of thioether (sulfide) groups is 1. The Morgan fingerprint density at radius 1 is 1.12 bits per heavy atom. The van der Waals surface area contributed by atoms with E-state index in [-0.39, 0.29) is 16.7 Å². The molecule has 0 saturated carbocycles. The van der Waals surface area contributed by atoms with Crippen LogP contribution in [0.3, 0.4) is 0 Å². The summed E-state index contributed by atoms with van der Waals surface area (Å²) >= 11 is 1.85. The van der Waals surface area contributed by atoms with Crippen LogP contribution in [-0.4, -0.2) is 49.7 Å². The zero-order chi connectivity index (χ0) is 23.1. The molecule has 0 spiro atoms. The molecule has 2 aromatic carbocycles. The lowest BCUT2D eigenvalue weighted by atomic mass is 10.2.